The van der Waals surface area contributed by atoms with Gasteiger partial charge in [0.05, 0.1) is 11.2 Å². The lowest BCUT2D eigenvalue weighted by molar-refractivity contribution is 0.0941. The van der Waals surface area contributed by atoms with Gasteiger partial charge in [0.15, 0.2) is 0 Å². The number of carbonyl (C=O) groups excluding carboxylic acids is 1. The Hall–Kier alpha value is -2.50. The highest BCUT2D eigenvalue weighted by Crippen LogP contribution is 2.20. The molecule has 1 heterocycles. The van der Waals surface area contributed by atoms with Crippen LogP contribution >= 0.6 is 0 Å². The number of halogens is 1. The summed E-state index contributed by atoms with van der Waals surface area (Å²) in [5.41, 5.74) is 0.873. The maximum absolute atomic E-state index is 13.4. The van der Waals surface area contributed by atoms with Crippen molar-refractivity contribution in [2.75, 3.05) is 30.6 Å². The summed E-state index contributed by atoms with van der Waals surface area (Å²) < 4.78 is 65.4. The molecule has 1 saturated heterocycles. The summed E-state index contributed by atoms with van der Waals surface area (Å²) in [6, 6.07) is 9.51. The molecule has 0 spiro atoms. The molecule has 0 atom stereocenters. The van der Waals surface area contributed by atoms with E-state index in [1.54, 1.807) is 0 Å². The van der Waals surface area contributed by atoms with Crippen molar-refractivity contribution in [1.29, 1.82) is 0 Å². The zero-order chi connectivity index (χ0) is 23.5. The van der Waals surface area contributed by atoms with E-state index in [0.717, 1.165) is 6.07 Å². The fourth-order valence-electron chi connectivity index (χ4n) is 3.47. The molecule has 8 nitrogen and oxygen atoms in total. The van der Waals surface area contributed by atoms with Crippen LogP contribution in [-0.4, -0.2) is 52.9 Å². The monoisotopic (exact) mass is 483 g/mol. The molecule has 1 fully saturated rings. The minimum atomic E-state index is -3.89. The van der Waals surface area contributed by atoms with Crippen molar-refractivity contribution in [2.24, 2.45) is 5.92 Å². The summed E-state index contributed by atoms with van der Waals surface area (Å²) in [5.74, 6) is -0.582. The molecule has 0 radical (unpaired) electrons. The van der Waals surface area contributed by atoms with E-state index >= 15 is 0 Å². The van der Waals surface area contributed by atoms with Crippen LogP contribution in [0.5, 0.6) is 0 Å². The smallest absolute Gasteiger partial charge is 0.261 e. The number of hydrogen-bond donors (Lipinski definition) is 2. The summed E-state index contributed by atoms with van der Waals surface area (Å²) in [4.78, 5) is 12.4. The van der Waals surface area contributed by atoms with Crippen molar-refractivity contribution >= 4 is 31.6 Å². The average Bonchev–Trinajstić information content (AvgIpc) is 2.74. The number of carbonyl (C=O) groups is 1. The number of hydrogen-bond acceptors (Lipinski definition) is 5. The van der Waals surface area contributed by atoms with E-state index in [2.05, 4.69) is 10.0 Å². The van der Waals surface area contributed by atoms with Gasteiger partial charge in [0.1, 0.15) is 5.82 Å². The second-order valence-corrected chi connectivity index (χ2v) is 11.6. The highest BCUT2D eigenvalue weighted by Gasteiger charge is 2.25. The van der Waals surface area contributed by atoms with Crippen molar-refractivity contribution in [3.63, 3.8) is 0 Å². The lowest BCUT2D eigenvalue weighted by atomic mass is 9.98. The quantitative estimate of drug-likeness (QED) is 0.628. The van der Waals surface area contributed by atoms with Crippen molar-refractivity contribution < 1.29 is 26.0 Å². The first-order valence-electron chi connectivity index (χ1n) is 10.1. The van der Waals surface area contributed by atoms with Crippen LogP contribution in [0.15, 0.2) is 47.4 Å². The second-order valence-electron chi connectivity index (χ2n) is 7.91. The van der Waals surface area contributed by atoms with Crippen LogP contribution in [0, 0.1) is 18.7 Å². The predicted octanol–water partition coefficient (Wildman–Crippen LogP) is 2.34. The Balaban J connectivity index is 1.55. The largest absolute Gasteiger partial charge is 0.352 e. The van der Waals surface area contributed by atoms with Crippen LogP contribution in [0.3, 0.4) is 0 Å². The molecule has 2 aromatic carbocycles. The Labute approximate surface area is 187 Å². The summed E-state index contributed by atoms with van der Waals surface area (Å²) in [6.45, 7) is 2.81. The second kappa shape index (κ2) is 9.55. The van der Waals surface area contributed by atoms with Crippen LogP contribution < -0.4 is 10.0 Å². The Morgan fingerprint density at radius 1 is 1.06 bits per heavy atom. The molecular formula is C21H26FN3O5S2. The van der Waals surface area contributed by atoms with Crippen molar-refractivity contribution in [2.45, 2.75) is 24.7 Å². The highest BCUT2D eigenvalue weighted by atomic mass is 32.2. The standard InChI is InChI=1S/C21H26FN3O5S2/c1-15-13-19(7-8-20(15)22)32(29,30)24-18-5-3-17(4-6-18)21(26)23-14-16-9-11-25(12-10-16)31(2,27)28/h3-8,13,16,24H,9-12,14H2,1-2H3,(H,23,26). The van der Waals surface area contributed by atoms with Crippen molar-refractivity contribution in [3.05, 3.63) is 59.4 Å². The van der Waals surface area contributed by atoms with Crippen LogP contribution in [0.1, 0.15) is 28.8 Å². The Kier molecular flexibility index (Phi) is 7.21. The van der Waals surface area contributed by atoms with E-state index in [9.17, 15) is 26.0 Å². The Bertz CT molecular complexity index is 1190. The maximum Gasteiger partial charge on any atom is 0.261 e. The van der Waals surface area contributed by atoms with Gasteiger partial charge in [0, 0.05) is 30.9 Å². The van der Waals surface area contributed by atoms with Gasteiger partial charge in [-0.2, -0.15) is 0 Å². The molecular weight excluding hydrogens is 457 g/mol. The summed E-state index contributed by atoms with van der Waals surface area (Å²) in [6.07, 6.45) is 2.55. The van der Waals surface area contributed by atoms with Gasteiger partial charge in [-0.3, -0.25) is 9.52 Å². The molecule has 2 aromatic rings. The molecule has 0 aromatic heterocycles. The molecule has 1 amide bonds. The first kappa shape index (κ1) is 24.1. The lowest BCUT2D eigenvalue weighted by Gasteiger charge is -2.30. The molecule has 32 heavy (non-hydrogen) atoms. The Morgan fingerprint density at radius 2 is 1.69 bits per heavy atom. The Morgan fingerprint density at radius 3 is 2.25 bits per heavy atom. The first-order chi connectivity index (χ1) is 15.0. The SMILES string of the molecule is Cc1cc(S(=O)(=O)Nc2ccc(C(=O)NCC3CCN(S(C)(=O)=O)CC3)cc2)ccc1F. The summed E-state index contributed by atoms with van der Waals surface area (Å²) >= 11 is 0. The van der Waals surface area contributed by atoms with Gasteiger partial charge in [0.25, 0.3) is 15.9 Å². The van der Waals surface area contributed by atoms with E-state index in [0.29, 0.717) is 38.0 Å². The molecule has 1 aliphatic rings. The van der Waals surface area contributed by atoms with Gasteiger partial charge in [0.2, 0.25) is 10.0 Å². The number of nitrogens with zero attached hydrogens (tertiary/aromatic N) is 1. The number of amides is 1. The third-order valence-electron chi connectivity index (χ3n) is 5.43. The minimum absolute atomic E-state index is 0.0554. The molecule has 174 valence electrons. The van der Waals surface area contributed by atoms with Crippen LogP contribution in [0.2, 0.25) is 0 Å². The minimum Gasteiger partial charge on any atom is -0.352 e. The summed E-state index contributed by atoms with van der Waals surface area (Å²) in [7, 11) is -7.07. The van der Waals surface area contributed by atoms with Gasteiger partial charge >= 0.3 is 0 Å². The molecule has 2 N–H and O–H groups in total. The first-order valence-corrected chi connectivity index (χ1v) is 13.4. The van der Waals surface area contributed by atoms with Gasteiger partial charge < -0.3 is 5.32 Å². The number of piperidine rings is 1. The third kappa shape index (κ3) is 6.05. The highest BCUT2D eigenvalue weighted by molar-refractivity contribution is 7.92. The van der Waals surface area contributed by atoms with Gasteiger partial charge in [-0.25, -0.2) is 25.5 Å². The fourth-order valence-corrected chi connectivity index (χ4v) is 5.49. The number of sulfonamides is 2. The molecule has 1 aliphatic heterocycles. The van der Waals surface area contributed by atoms with E-state index in [4.69, 9.17) is 0 Å². The normalized spacial score (nSPS) is 16.0. The third-order valence-corrected chi connectivity index (χ3v) is 8.11. The van der Waals surface area contributed by atoms with E-state index in [1.165, 1.54) is 53.9 Å². The van der Waals surface area contributed by atoms with Crippen molar-refractivity contribution in [1.82, 2.24) is 9.62 Å². The van der Waals surface area contributed by atoms with E-state index in [1.807, 2.05) is 0 Å². The lowest BCUT2D eigenvalue weighted by Crippen LogP contribution is -2.41. The molecule has 11 heteroatoms. The van der Waals surface area contributed by atoms with Crippen LogP contribution in [0.25, 0.3) is 0 Å². The van der Waals surface area contributed by atoms with Gasteiger partial charge in [-0.05, 0) is 73.7 Å². The molecule has 3 rings (SSSR count). The molecule has 0 bridgehead atoms. The zero-order valence-corrected chi connectivity index (χ0v) is 19.5. The molecule has 0 aliphatic carbocycles. The van der Waals surface area contributed by atoms with Crippen molar-refractivity contribution in [3.8, 4) is 0 Å². The van der Waals surface area contributed by atoms with Crippen LogP contribution in [0.4, 0.5) is 10.1 Å². The van der Waals surface area contributed by atoms with Gasteiger partial charge in [-0.1, -0.05) is 0 Å². The van der Waals surface area contributed by atoms with Crippen LogP contribution in [-0.2, 0) is 20.0 Å². The van der Waals surface area contributed by atoms with E-state index < -0.39 is 25.9 Å². The van der Waals surface area contributed by atoms with E-state index in [-0.39, 0.29) is 28.0 Å². The topological polar surface area (TPSA) is 113 Å². The predicted molar refractivity (Wildman–Crippen MR) is 120 cm³/mol. The number of nitrogens with one attached hydrogen (secondary N) is 2. The number of benzene rings is 2. The molecule has 0 saturated carbocycles. The van der Waals surface area contributed by atoms with Gasteiger partial charge in [-0.15, -0.1) is 0 Å². The summed E-state index contributed by atoms with van der Waals surface area (Å²) in [5, 5.41) is 2.85. The average molecular weight is 484 g/mol. The number of anilines is 1. The number of aryl methyl sites for hydroxylation is 1. The zero-order valence-electron chi connectivity index (χ0n) is 17.8. The molecule has 0 unspecified atom stereocenters. The maximum atomic E-state index is 13.4. The fraction of sp³-hybridized carbons (Fsp3) is 0.381. The number of rotatable bonds is 7.